The van der Waals surface area contributed by atoms with Crippen LogP contribution in [0.25, 0.3) is 11.1 Å². The van der Waals surface area contributed by atoms with Crippen molar-refractivity contribution in [3.63, 3.8) is 0 Å². The highest BCUT2D eigenvalue weighted by molar-refractivity contribution is 6.97. The first-order valence-corrected chi connectivity index (χ1v) is 19.8. The molecule has 4 heteroatoms. The molecule has 9 rings (SSSR count). The molecule has 2 heterocycles. The largest absolute Gasteiger partial charge is 0.458 e. The smallest absolute Gasteiger partial charge is 0.251 e. The lowest BCUT2D eigenvalue weighted by Crippen LogP contribution is -2.57. The number of anilines is 6. The first-order valence-electron chi connectivity index (χ1n) is 19.8. The first-order chi connectivity index (χ1) is 26.8. The van der Waals surface area contributed by atoms with Gasteiger partial charge in [-0.1, -0.05) is 144 Å². The molecule has 0 saturated carbocycles. The van der Waals surface area contributed by atoms with Crippen molar-refractivity contribution < 1.29 is 4.74 Å². The van der Waals surface area contributed by atoms with E-state index < -0.39 is 0 Å². The molecule has 0 atom stereocenters. The van der Waals surface area contributed by atoms with Crippen LogP contribution >= 0.6 is 0 Å². The van der Waals surface area contributed by atoms with Gasteiger partial charge in [0.05, 0.1) is 22.7 Å². The topological polar surface area (TPSA) is 15.7 Å². The van der Waals surface area contributed by atoms with Crippen molar-refractivity contribution in [1.82, 2.24) is 0 Å². The van der Waals surface area contributed by atoms with Gasteiger partial charge in [-0.15, -0.1) is 0 Å². The molecule has 0 unspecified atom stereocenters. The molecule has 0 amide bonds. The summed E-state index contributed by atoms with van der Waals surface area (Å²) in [5.41, 5.74) is 17.4. The van der Waals surface area contributed by atoms with E-state index in [1.807, 2.05) is 0 Å². The number of nitrogens with zero attached hydrogens (tertiary/aromatic N) is 2. The number of hydrogen-bond acceptors (Lipinski definition) is 3. The van der Waals surface area contributed by atoms with Gasteiger partial charge < -0.3 is 14.5 Å². The molecule has 2 aliphatic rings. The third kappa shape index (κ3) is 6.01. The lowest BCUT2D eigenvalue weighted by atomic mass is 9.33. The second-order valence-corrected chi connectivity index (χ2v) is 15.9. The molecule has 7 aromatic carbocycles. The van der Waals surface area contributed by atoms with E-state index in [1.165, 1.54) is 44.2 Å². The molecule has 0 N–H and O–H groups in total. The van der Waals surface area contributed by atoms with E-state index in [-0.39, 0.29) is 6.71 Å². The van der Waals surface area contributed by atoms with Gasteiger partial charge in [-0.05, 0) is 117 Å². The van der Waals surface area contributed by atoms with Gasteiger partial charge in [0.2, 0.25) is 0 Å². The van der Waals surface area contributed by atoms with Crippen LogP contribution in [0.2, 0.25) is 0 Å². The molecule has 0 aliphatic carbocycles. The minimum absolute atomic E-state index is 0.0594. The zero-order valence-corrected chi connectivity index (χ0v) is 32.6. The molecule has 0 aromatic heterocycles. The van der Waals surface area contributed by atoms with Crippen LogP contribution in [0.3, 0.4) is 0 Å². The SMILES string of the molecule is CC(C)c1cc(C(C)C)c(B2c3ccccc3Oc3ccc(-c4ccc(N5c6ccccc6N(c6ccccc6)c6ccccc65)cc4)cc32)c(C(C)C)c1. The van der Waals surface area contributed by atoms with Crippen molar-refractivity contribution in [2.75, 3.05) is 9.80 Å². The van der Waals surface area contributed by atoms with Gasteiger partial charge in [0, 0.05) is 11.4 Å². The number of hydrogen-bond donors (Lipinski definition) is 0. The van der Waals surface area contributed by atoms with Crippen LogP contribution < -0.4 is 30.9 Å². The van der Waals surface area contributed by atoms with Crippen LogP contribution in [-0.2, 0) is 0 Å². The van der Waals surface area contributed by atoms with Crippen molar-refractivity contribution >= 4 is 57.2 Å². The Morgan fingerprint density at radius 3 is 1.44 bits per heavy atom. The summed E-state index contributed by atoms with van der Waals surface area (Å²) in [5.74, 6) is 3.10. The standard InChI is InChI=1S/C51H47BN2O/c1-33(2)38-30-41(34(3)4)51(42(31-38)35(5)6)52-43-18-10-15-23-49(43)55-50-29-26-37(32-44(50)52)36-24-27-40(28-25-36)54-47-21-13-11-19-45(47)53(39-16-8-7-9-17-39)46-20-12-14-22-48(46)54/h7-35H,1-6H3. The highest BCUT2D eigenvalue weighted by atomic mass is 16.5. The molecule has 270 valence electrons. The fourth-order valence-electron chi connectivity index (χ4n) is 8.68. The summed E-state index contributed by atoms with van der Waals surface area (Å²) in [6.07, 6.45) is 0. The van der Waals surface area contributed by atoms with Gasteiger partial charge in [-0.3, -0.25) is 0 Å². The third-order valence-corrected chi connectivity index (χ3v) is 11.4. The van der Waals surface area contributed by atoms with Crippen LogP contribution in [0, 0.1) is 0 Å². The molecule has 0 bridgehead atoms. The average Bonchev–Trinajstić information content (AvgIpc) is 3.21. The van der Waals surface area contributed by atoms with Crippen molar-refractivity contribution in [2.45, 2.75) is 59.3 Å². The predicted octanol–water partition coefficient (Wildman–Crippen LogP) is 12.6. The van der Waals surface area contributed by atoms with E-state index in [4.69, 9.17) is 4.74 Å². The second-order valence-electron chi connectivity index (χ2n) is 15.9. The van der Waals surface area contributed by atoms with Crippen LogP contribution in [0.5, 0.6) is 11.5 Å². The van der Waals surface area contributed by atoms with E-state index in [1.54, 1.807) is 0 Å². The predicted molar refractivity (Wildman–Crippen MR) is 235 cm³/mol. The van der Waals surface area contributed by atoms with Gasteiger partial charge in [-0.2, -0.15) is 0 Å². The van der Waals surface area contributed by atoms with Crippen molar-refractivity contribution in [1.29, 1.82) is 0 Å². The maximum Gasteiger partial charge on any atom is 0.251 e. The third-order valence-electron chi connectivity index (χ3n) is 11.4. The molecular weight excluding hydrogens is 667 g/mol. The zero-order chi connectivity index (χ0) is 37.8. The van der Waals surface area contributed by atoms with Gasteiger partial charge >= 0.3 is 0 Å². The van der Waals surface area contributed by atoms with Gasteiger partial charge in [0.25, 0.3) is 6.71 Å². The van der Waals surface area contributed by atoms with Crippen LogP contribution in [0.1, 0.15) is 76.0 Å². The highest BCUT2D eigenvalue weighted by Crippen LogP contribution is 2.54. The minimum atomic E-state index is 0.0594. The summed E-state index contributed by atoms with van der Waals surface area (Å²) in [5, 5.41) is 0. The Kier molecular flexibility index (Phi) is 8.85. The Morgan fingerprint density at radius 2 is 0.891 bits per heavy atom. The van der Waals surface area contributed by atoms with E-state index in [0.717, 1.165) is 45.6 Å². The lowest BCUT2D eigenvalue weighted by Gasteiger charge is -2.40. The number of rotatable bonds is 7. The monoisotopic (exact) mass is 714 g/mol. The second kappa shape index (κ2) is 14.0. The van der Waals surface area contributed by atoms with Gasteiger partial charge in [0.15, 0.2) is 0 Å². The minimum Gasteiger partial charge on any atom is -0.458 e. The fourth-order valence-corrected chi connectivity index (χ4v) is 8.68. The van der Waals surface area contributed by atoms with Crippen LogP contribution in [-0.4, -0.2) is 6.71 Å². The van der Waals surface area contributed by atoms with Crippen LogP contribution in [0.15, 0.2) is 158 Å². The van der Waals surface area contributed by atoms with Gasteiger partial charge in [0.1, 0.15) is 11.5 Å². The van der Waals surface area contributed by atoms with Crippen LogP contribution in [0.4, 0.5) is 34.1 Å². The number of fused-ring (bicyclic) bond motifs is 4. The van der Waals surface area contributed by atoms with Crippen molar-refractivity contribution in [3.05, 3.63) is 174 Å². The average molecular weight is 715 g/mol. The molecule has 7 aromatic rings. The highest BCUT2D eigenvalue weighted by Gasteiger charge is 2.37. The molecule has 0 fully saturated rings. The quantitative estimate of drug-likeness (QED) is 0.153. The maximum atomic E-state index is 6.68. The van der Waals surface area contributed by atoms with E-state index in [9.17, 15) is 0 Å². The van der Waals surface area contributed by atoms with E-state index >= 15 is 0 Å². The molecule has 2 aliphatic heterocycles. The van der Waals surface area contributed by atoms with E-state index in [2.05, 4.69) is 209 Å². The van der Waals surface area contributed by atoms with Crippen molar-refractivity contribution in [2.24, 2.45) is 0 Å². The zero-order valence-electron chi connectivity index (χ0n) is 32.6. The first kappa shape index (κ1) is 34.8. The number of ether oxygens (including phenoxy) is 1. The summed E-state index contributed by atoms with van der Waals surface area (Å²) in [6, 6.07) is 57.5. The Labute approximate surface area is 327 Å². The molecular formula is C51H47BN2O. The Hall–Kier alpha value is -6.00. The Morgan fingerprint density at radius 1 is 0.418 bits per heavy atom. The molecule has 0 radical (unpaired) electrons. The summed E-state index contributed by atoms with van der Waals surface area (Å²) in [4.78, 5) is 4.76. The molecule has 3 nitrogen and oxygen atoms in total. The number of para-hydroxylation sites is 6. The van der Waals surface area contributed by atoms with Gasteiger partial charge in [-0.25, -0.2) is 0 Å². The summed E-state index contributed by atoms with van der Waals surface area (Å²) in [6.45, 7) is 14.0. The van der Waals surface area contributed by atoms with E-state index in [0.29, 0.717) is 17.8 Å². The number of benzene rings is 7. The Balaban J connectivity index is 1.15. The van der Waals surface area contributed by atoms with Crippen molar-refractivity contribution in [3.8, 4) is 22.6 Å². The molecule has 0 saturated heterocycles. The lowest BCUT2D eigenvalue weighted by molar-refractivity contribution is 0.487. The molecule has 55 heavy (non-hydrogen) atoms. The summed E-state index contributed by atoms with van der Waals surface area (Å²) < 4.78 is 6.68. The fraction of sp³-hybridized carbons (Fsp3) is 0.176. The summed E-state index contributed by atoms with van der Waals surface area (Å²) >= 11 is 0. The molecule has 0 spiro atoms. The normalized spacial score (nSPS) is 13.1. The summed E-state index contributed by atoms with van der Waals surface area (Å²) in [7, 11) is 0. The maximum absolute atomic E-state index is 6.68. The Bertz CT molecular complexity index is 2440.